The fourth-order valence-electron chi connectivity index (χ4n) is 5.16. The van der Waals surface area contributed by atoms with Gasteiger partial charge in [-0.15, -0.1) is 0 Å². The van der Waals surface area contributed by atoms with Crippen LogP contribution in [0.1, 0.15) is 31.9 Å². The average Bonchev–Trinajstić information content (AvgIpc) is 3.31. The Morgan fingerprint density at radius 2 is 1.74 bits per heavy atom. The lowest BCUT2D eigenvalue weighted by atomic mass is 9.85. The van der Waals surface area contributed by atoms with Crippen molar-refractivity contribution in [2.75, 3.05) is 35.5 Å². The monoisotopic (exact) mass is 643 g/mol. The molecule has 0 aliphatic heterocycles. The molecule has 0 unspecified atom stereocenters. The molecular weight excluding hydrogens is 606 g/mol. The van der Waals surface area contributed by atoms with Gasteiger partial charge in [-0.2, -0.15) is 4.98 Å². The van der Waals surface area contributed by atoms with E-state index in [1.165, 1.54) is 11.2 Å². The van der Waals surface area contributed by atoms with Crippen molar-refractivity contribution < 1.29 is 23.1 Å². The number of aryl methyl sites for hydroxylation is 1. The summed E-state index contributed by atoms with van der Waals surface area (Å²) < 4.78 is 30.4. The zero-order valence-corrected chi connectivity index (χ0v) is 27.6. The highest BCUT2D eigenvalue weighted by atomic mass is 32.2. The third-order valence-electron chi connectivity index (χ3n) is 7.50. The number of sulfone groups is 1. The smallest absolute Gasteiger partial charge is 0.418 e. The lowest BCUT2D eigenvalue weighted by Gasteiger charge is -2.28. The van der Waals surface area contributed by atoms with Crippen molar-refractivity contribution >= 4 is 61.7 Å². The van der Waals surface area contributed by atoms with Crippen molar-refractivity contribution in [2.24, 2.45) is 7.05 Å². The number of hydrogen-bond donors (Lipinski definition) is 2. The highest BCUT2D eigenvalue weighted by Crippen LogP contribution is 2.39. The number of fused-ring (bicyclic) bond motifs is 1. The van der Waals surface area contributed by atoms with Gasteiger partial charge in [0, 0.05) is 37.9 Å². The van der Waals surface area contributed by atoms with Crippen molar-refractivity contribution in [3.05, 3.63) is 84.1 Å². The molecule has 12 nitrogen and oxygen atoms in total. The van der Waals surface area contributed by atoms with Gasteiger partial charge in [0.05, 0.1) is 29.6 Å². The van der Waals surface area contributed by atoms with Gasteiger partial charge in [0.25, 0.3) is 0 Å². The largest absolute Gasteiger partial charge is 0.497 e. The number of imidazole rings is 1. The van der Waals surface area contributed by atoms with E-state index in [1.807, 2.05) is 57.0 Å². The van der Waals surface area contributed by atoms with Crippen LogP contribution in [0.3, 0.4) is 0 Å². The van der Waals surface area contributed by atoms with Crippen molar-refractivity contribution in [2.45, 2.75) is 31.9 Å². The summed E-state index contributed by atoms with van der Waals surface area (Å²) in [5.41, 5.74) is 4.50. The molecule has 0 aliphatic rings. The molecule has 0 saturated carbocycles. The van der Waals surface area contributed by atoms with Crippen LogP contribution in [0.25, 0.3) is 11.0 Å². The van der Waals surface area contributed by atoms with Crippen LogP contribution in [0.4, 0.5) is 39.6 Å². The SMILES string of the molecule is COc1ccc(N(C(=O)O)c2nc3cc(N(C)c4ccnc(Nc5ccc(CS(C)(=O)=O)cc5)n4)ccc3n2C)c(C(C)(C)C)c1. The quantitative estimate of drug-likeness (QED) is 0.182. The van der Waals surface area contributed by atoms with E-state index in [0.717, 1.165) is 16.8 Å². The number of rotatable bonds is 9. The molecule has 0 fully saturated rings. The standard InChI is InChI=1S/C33H37N7O5S/c1-33(2,3)25-19-24(45-6)13-15-27(25)40(32(41)42)31-36-26-18-23(12-14-28(26)39(31)5)38(4)29-16-17-34-30(37-29)35-22-10-8-21(9-11-22)20-46(7,43)44/h8-19H,20H2,1-7H3,(H,41,42)(H,34,35,37). The molecule has 5 aromatic rings. The van der Waals surface area contributed by atoms with Crippen molar-refractivity contribution in [3.63, 3.8) is 0 Å². The first-order chi connectivity index (χ1) is 21.6. The number of nitrogens with zero attached hydrogens (tertiary/aromatic N) is 6. The number of nitrogens with one attached hydrogen (secondary N) is 1. The Morgan fingerprint density at radius 1 is 1.02 bits per heavy atom. The van der Waals surface area contributed by atoms with E-state index < -0.39 is 15.9 Å². The number of ether oxygens (including phenoxy) is 1. The van der Waals surface area contributed by atoms with E-state index in [4.69, 9.17) is 9.72 Å². The summed E-state index contributed by atoms with van der Waals surface area (Å²) in [5, 5.41) is 13.6. The number of benzene rings is 3. The lowest BCUT2D eigenvalue weighted by molar-refractivity contribution is 0.204. The van der Waals surface area contributed by atoms with Crippen LogP contribution >= 0.6 is 0 Å². The number of carbonyl (C=O) groups is 1. The maximum absolute atomic E-state index is 12.7. The normalized spacial score (nSPS) is 11.8. The molecule has 3 aromatic carbocycles. The summed E-state index contributed by atoms with van der Waals surface area (Å²) in [5.74, 6) is 1.85. The highest BCUT2D eigenvalue weighted by molar-refractivity contribution is 7.89. The van der Waals surface area contributed by atoms with Crippen LogP contribution in [0.5, 0.6) is 5.75 Å². The first kappa shape index (κ1) is 32.2. The van der Waals surface area contributed by atoms with Gasteiger partial charge in [0.15, 0.2) is 9.84 Å². The maximum atomic E-state index is 12.7. The Bertz CT molecular complexity index is 2020. The molecule has 46 heavy (non-hydrogen) atoms. The van der Waals surface area contributed by atoms with E-state index >= 15 is 0 Å². The minimum atomic E-state index is -3.13. The van der Waals surface area contributed by atoms with Gasteiger partial charge in [-0.3, -0.25) is 0 Å². The van der Waals surface area contributed by atoms with Crippen LogP contribution in [-0.2, 0) is 28.1 Å². The molecule has 0 radical (unpaired) electrons. The first-order valence-corrected chi connectivity index (χ1v) is 16.5. The second-order valence-electron chi connectivity index (χ2n) is 12.1. The molecule has 0 aliphatic carbocycles. The van der Waals surface area contributed by atoms with E-state index in [0.29, 0.717) is 40.0 Å². The van der Waals surface area contributed by atoms with Crippen LogP contribution in [0.2, 0.25) is 0 Å². The zero-order valence-electron chi connectivity index (χ0n) is 26.8. The number of carboxylic acid groups (broad SMARTS) is 1. The summed E-state index contributed by atoms with van der Waals surface area (Å²) in [4.78, 5) is 29.6. The molecule has 1 amide bonds. The van der Waals surface area contributed by atoms with E-state index in [2.05, 4.69) is 15.3 Å². The minimum absolute atomic E-state index is 0.0278. The predicted molar refractivity (Wildman–Crippen MR) is 181 cm³/mol. The Hall–Kier alpha value is -5.17. The molecule has 0 bridgehead atoms. The van der Waals surface area contributed by atoms with Crippen molar-refractivity contribution in [1.82, 2.24) is 19.5 Å². The molecule has 2 N–H and O–H groups in total. The molecule has 0 saturated heterocycles. The molecule has 5 rings (SSSR count). The summed E-state index contributed by atoms with van der Waals surface area (Å²) in [6.45, 7) is 6.07. The van der Waals surface area contributed by atoms with E-state index in [9.17, 15) is 18.3 Å². The van der Waals surface area contributed by atoms with Crippen LogP contribution in [0.15, 0.2) is 72.9 Å². The van der Waals surface area contributed by atoms with Crippen LogP contribution < -0.4 is 19.9 Å². The van der Waals surface area contributed by atoms with Gasteiger partial charge in [0.1, 0.15) is 11.6 Å². The average molecular weight is 644 g/mol. The summed E-state index contributed by atoms with van der Waals surface area (Å²) in [6.07, 6.45) is 1.69. The molecular formula is C33H37N7O5S. The Balaban J connectivity index is 1.44. The maximum Gasteiger partial charge on any atom is 0.418 e. The summed E-state index contributed by atoms with van der Waals surface area (Å²) >= 11 is 0. The van der Waals surface area contributed by atoms with Gasteiger partial charge in [-0.25, -0.2) is 28.1 Å². The molecule has 0 atom stereocenters. The lowest BCUT2D eigenvalue weighted by Crippen LogP contribution is -2.29. The third kappa shape index (κ3) is 6.89. The van der Waals surface area contributed by atoms with E-state index in [1.54, 1.807) is 67.4 Å². The summed E-state index contributed by atoms with van der Waals surface area (Å²) in [6, 6.07) is 19.9. The Kier molecular flexibility index (Phi) is 8.63. The number of amides is 1. The second kappa shape index (κ2) is 12.3. The topological polar surface area (TPSA) is 143 Å². The minimum Gasteiger partial charge on any atom is -0.497 e. The number of anilines is 6. The fraction of sp³-hybridized carbons (Fsp3) is 0.273. The molecule has 0 spiro atoms. The first-order valence-electron chi connectivity index (χ1n) is 14.4. The highest BCUT2D eigenvalue weighted by Gasteiger charge is 2.29. The van der Waals surface area contributed by atoms with Crippen LogP contribution in [0, 0.1) is 0 Å². The van der Waals surface area contributed by atoms with E-state index in [-0.39, 0.29) is 17.1 Å². The predicted octanol–water partition coefficient (Wildman–Crippen LogP) is 6.54. The Labute approximate surface area is 268 Å². The van der Waals surface area contributed by atoms with Crippen molar-refractivity contribution in [3.8, 4) is 5.75 Å². The molecule has 240 valence electrons. The number of aromatic nitrogens is 4. The van der Waals surface area contributed by atoms with Gasteiger partial charge in [-0.05, 0) is 71.1 Å². The number of methoxy groups -OCH3 is 1. The third-order valence-corrected chi connectivity index (χ3v) is 8.35. The molecule has 2 aromatic heterocycles. The Morgan fingerprint density at radius 3 is 2.37 bits per heavy atom. The van der Waals surface area contributed by atoms with Crippen LogP contribution in [-0.4, -0.2) is 59.5 Å². The zero-order chi connectivity index (χ0) is 33.4. The molecule has 13 heteroatoms. The molecule has 2 heterocycles. The number of hydrogen-bond acceptors (Lipinski definition) is 9. The fourth-order valence-corrected chi connectivity index (χ4v) is 5.96. The van der Waals surface area contributed by atoms with Gasteiger partial charge in [-0.1, -0.05) is 32.9 Å². The second-order valence-corrected chi connectivity index (χ2v) is 14.2. The van der Waals surface area contributed by atoms with Gasteiger partial charge < -0.3 is 24.6 Å². The van der Waals surface area contributed by atoms with Gasteiger partial charge in [0.2, 0.25) is 11.9 Å². The van der Waals surface area contributed by atoms with Gasteiger partial charge >= 0.3 is 6.09 Å². The summed E-state index contributed by atoms with van der Waals surface area (Å²) in [7, 11) is 2.12. The van der Waals surface area contributed by atoms with Crippen molar-refractivity contribution in [1.29, 1.82) is 0 Å².